The fraction of sp³-hybridized carbons (Fsp3) is 0.625. The highest BCUT2D eigenvalue weighted by atomic mass is 16.2. The van der Waals surface area contributed by atoms with Crippen molar-refractivity contribution in [3.63, 3.8) is 0 Å². The summed E-state index contributed by atoms with van der Waals surface area (Å²) in [6, 6.07) is -0.523. The Bertz CT molecular complexity index is 225. The zero-order valence-corrected chi connectivity index (χ0v) is 8.09. The zero-order chi connectivity index (χ0) is 10.4. The molecule has 0 aliphatic rings. The van der Waals surface area contributed by atoms with Gasteiger partial charge in [0.25, 0.3) is 5.91 Å². The molecule has 3 amide bonds. The molecule has 13 heavy (non-hydrogen) atoms. The van der Waals surface area contributed by atoms with E-state index in [4.69, 9.17) is 0 Å². The highest BCUT2D eigenvalue weighted by Gasteiger charge is 2.21. The number of Topliss-reactive ketones (excluding diaryl/α,β-unsaturated/α-hetero) is 1. The van der Waals surface area contributed by atoms with Gasteiger partial charge in [-0.05, 0) is 13.8 Å². The van der Waals surface area contributed by atoms with Crippen LogP contribution in [-0.4, -0.2) is 35.7 Å². The highest BCUT2D eigenvalue weighted by Crippen LogP contribution is 1.91. The van der Waals surface area contributed by atoms with E-state index in [1.165, 1.54) is 0 Å². The van der Waals surface area contributed by atoms with Gasteiger partial charge < -0.3 is 5.32 Å². The highest BCUT2D eigenvalue weighted by molar-refractivity contribution is 6.37. The van der Waals surface area contributed by atoms with E-state index in [0.717, 1.165) is 11.8 Å². The molecule has 0 unspecified atom stereocenters. The van der Waals surface area contributed by atoms with Gasteiger partial charge >= 0.3 is 6.03 Å². The normalized spacial score (nSPS) is 9.15. The summed E-state index contributed by atoms with van der Waals surface area (Å²) in [6.45, 7) is 5.15. The number of carbonyl (C=O) groups is 3. The van der Waals surface area contributed by atoms with E-state index in [0.29, 0.717) is 6.54 Å². The number of urea groups is 1. The first-order valence-electron chi connectivity index (χ1n) is 4.14. The molecule has 0 aliphatic heterocycles. The van der Waals surface area contributed by atoms with Crippen LogP contribution in [0.15, 0.2) is 0 Å². The van der Waals surface area contributed by atoms with Crippen molar-refractivity contribution in [1.82, 2.24) is 10.2 Å². The first-order chi connectivity index (χ1) is 6.04. The van der Waals surface area contributed by atoms with E-state index in [1.54, 1.807) is 13.8 Å². The van der Waals surface area contributed by atoms with Crippen molar-refractivity contribution in [1.29, 1.82) is 0 Å². The molecule has 0 heterocycles. The van der Waals surface area contributed by atoms with Crippen molar-refractivity contribution in [3.05, 3.63) is 0 Å². The van der Waals surface area contributed by atoms with Crippen molar-refractivity contribution >= 4 is 17.7 Å². The lowest BCUT2D eigenvalue weighted by molar-refractivity contribution is -0.141. The average Bonchev–Trinajstić information content (AvgIpc) is 2.05. The van der Waals surface area contributed by atoms with Crippen LogP contribution in [0.2, 0.25) is 0 Å². The van der Waals surface area contributed by atoms with Crippen LogP contribution in [-0.2, 0) is 9.59 Å². The molecule has 0 bridgehead atoms. The molecular weight excluding hydrogens is 172 g/mol. The van der Waals surface area contributed by atoms with Crippen LogP contribution in [0.1, 0.15) is 20.8 Å². The number of ketones is 1. The van der Waals surface area contributed by atoms with Crippen molar-refractivity contribution < 1.29 is 14.4 Å². The van der Waals surface area contributed by atoms with E-state index >= 15 is 0 Å². The monoisotopic (exact) mass is 186 g/mol. The van der Waals surface area contributed by atoms with E-state index in [9.17, 15) is 14.4 Å². The first-order valence-corrected chi connectivity index (χ1v) is 4.14. The Kier molecular flexibility index (Phi) is 4.72. The molecule has 0 aromatic rings. The predicted molar refractivity (Wildman–Crippen MR) is 47.1 cm³/mol. The number of rotatable bonds is 3. The first kappa shape index (κ1) is 11.6. The van der Waals surface area contributed by atoms with Crippen LogP contribution in [0.3, 0.4) is 0 Å². The van der Waals surface area contributed by atoms with E-state index < -0.39 is 17.7 Å². The summed E-state index contributed by atoms with van der Waals surface area (Å²) < 4.78 is 0. The SMILES string of the molecule is CCNC(=O)N(CC)C(=O)C(C)=O. The van der Waals surface area contributed by atoms with Gasteiger partial charge in [-0.3, -0.25) is 14.5 Å². The van der Waals surface area contributed by atoms with Gasteiger partial charge in [-0.25, -0.2) is 4.79 Å². The molecular formula is C8H14N2O3. The fourth-order valence-electron chi connectivity index (χ4n) is 0.816. The third-order valence-electron chi connectivity index (χ3n) is 1.44. The smallest absolute Gasteiger partial charge is 0.324 e. The summed E-state index contributed by atoms with van der Waals surface area (Å²) in [7, 11) is 0. The van der Waals surface area contributed by atoms with Gasteiger partial charge in [-0.1, -0.05) is 0 Å². The van der Waals surface area contributed by atoms with Gasteiger partial charge in [0.05, 0.1) is 0 Å². The molecule has 0 radical (unpaired) electrons. The molecule has 0 spiro atoms. The van der Waals surface area contributed by atoms with Crippen molar-refractivity contribution in [3.8, 4) is 0 Å². The number of nitrogens with zero attached hydrogens (tertiary/aromatic N) is 1. The molecule has 0 saturated heterocycles. The average molecular weight is 186 g/mol. The maximum atomic E-state index is 11.2. The number of likely N-dealkylation sites (N-methyl/N-ethyl adjacent to an activating group) is 1. The van der Waals surface area contributed by atoms with Crippen LogP contribution in [0.4, 0.5) is 4.79 Å². The Labute approximate surface area is 77.1 Å². The summed E-state index contributed by atoms with van der Waals surface area (Å²) in [4.78, 5) is 33.8. The number of nitrogens with one attached hydrogen (secondary N) is 1. The molecule has 74 valence electrons. The third kappa shape index (κ3) is 3.23. The standard InChI is InChI=1S/C8H14N2O3/c1-4-9-8(13)10(5-2)7(12)6(3)11/h4-5H2,1-3H3,(H,9,13). The molecule has 0 fully saturated rings. The lowest BCUT2D eigenvalue weighted by Gasteiger charge is -2.17. The number of hydrogen-bond acceptors (Lipinski definition) is 3. The quantitative estimate of drug-likeness (QED) is 0.638. The Morgan fingerprint density at radius 2 is 1.77 bits per heavy atom. The molecule has 0 aromatic heterocycles. The van der Waals surface area contributed by atoms with Gasteiger partial charge in [0, 0.05) is 20.0 Å². The summed E-state index contributed by atoms with van der Waals surface area (Å²) in [5, 5.41) is 2.45. The molecule has 5 heteroatoms. The van der Waals surface area contributed by atoms with Gasteiger partial charge in [-0.2, -0.15) is 0 Å². The van der Waals surface area contributed by atoms with Crippen LogP contribution in [0, 0.1) is 0 Å². The fourth-order valence-corrected chi connectivity index (χ4v) is 0.816. The summed E-state index contributed by atoms with van der Waals surface area (Å²) in [5.41, 5.74) is 0. The summed E-state index contributed by atoms with van der Waals surface area (Å²) in [6.07, 6.45) is 0. The van der Waals surface area contributed by atoms with Crippen LogP contribution in [0.5, 0.6) is 0 Å². The van der Waals surface area contributed by atoms with Gasteiger partial charge in [-0.15, -0.1) is 0 Å². The molecule has 0 atom stereocenters. The minimum Gasteiger partial charge on any atom is -0.338 e. The number of hydrogen-bond donors (Lipinski definition) is 1. The number of carbonyl (C=O) groups excluding carboxylic acids is 3. The maximum absolute atomic E-state index is 11.2. The maximum Gasteiger partial charge on any atom is 0.324 e. The predicted octanol–water partition coefficient (Wildman–Crippen LogP) is 0.153. The lowest BCUT2D eigenvalue weighted by Crippen LogP contribution is -2.45. The molecule has 1 N–H and O–H groups in total. The van der Waals surface area contributed by atoms with Crippen molar-refractivity contribution in [2.24, 2.45) is 0 Å². The van der Waals surface area contributed by atoms with E-state index in [-0.39, 0.29) is 6.54 Å². The topological polar surface area (TPSA) is 66.5 Å². The van der Waals surface area contributed by atoms with Gasteiger partial charge in [0.1, 0.15) is 0 Å². The molecule has 5 nitrogen and oxygen atoms in total. The lowest BCUT2D eigenvalue weighted by atomic mass is 10.4. The minimum absolute atomic E-state index is 0.199. The van der Waals surface area contributed by atoms with Crippen LogP contribution in [0.25, 0.3) is 0 Å². The second-order valence-electron chi connectivity index (χ2n) is 2.44. The summed E-state index contributed by atoms with van der Waals surface area (Å²) >= 11 is 0. The molecule has 0 rings (SSSR count). The van der Waals surface area contributed by atoms with Gasteiger partial charge in [0.15, 0.2) is 0 Å². The second kappa shape index (κ2) is 5.29. The Hall–Kier alpha value is -1.39. The Morgan fingerprint density at radius 3 is 2.08 bits per heavy atom. The van der Waals surface area contributed by atoms with E-state index in [1.807, 2.05) is 0 Å². The van der Waals surface area contributed by atoms with E-state index in [2.05, 4.69) is 5.32 Å². The van der Waals surface area contributed by atoms with Crippen molar-refractivity contribution in [2.45, 2.75) is 20.8 Å². The van der Waals surface area contributed by atoms with Crippen LogP contribution >= 0.6 is 0 Å². The third-order valence-corrected chi connectivity index (χ3v) is 1.44. The zero-order valence-electron chi connectivity index (χ0n) is 8.09. The second-order valence-corrected chi connectivity index (χ2v) is 2.44. The Balaban J connectivity index is 4.41. The summed E-state index contributed by atoms with van der Waals surface area (Å²) in [5.74, 6) is -1.40. The van der Waals surface area contributed by atoms with Gasteiger partial charge in [0.2, 0.25) is 5.78 Å². The van der Waals surface area contributed by atoms with Crippen molar-refractivity contribution in [2.75, 3.05) is 13.1 Å². The number of amides is 3. The molecule has 0 saturated carbocycles. The molecule has 0 aliphatic carbocycles. The molecule has 0 aromatic carbocycles. The largest absolute Gasteiger partial charge is 0.338 e. The number of imide groups is 1. The minimum atomic E-state index is -0.770. The Morgan fingerprint density at radius 1 is 1.23 bits per heavy atom. The van der Waals surface area contributed by atoms with Crippen LogP contribution < -0.4 is 5.32 Å².